The van der Waals surface area contributed by atoms with Gasteiger partial charge in [0.25, 0.3) is 0 Å². The van der Waals surface area contributed by atoms with Crippen molar-refractivity contribution in [1.82, 2.24) is 0 Å². The maximum absolute atomic E-state index is 13.2. The van der Waals surface area contributed by atoms with Crippen LogP contribution in [-0.2, 0) is 0 Å². The van der Waals surface area contributed by atoms with E-state index in [1.807, 2.05) is 6.07 Å². The summed E-state index contributed by atoms with van der Waals surface area (Å²) >= 11 is 0. The van der Waals surface area contributed by atoms with Crippen molar-refractivity contribution in [3.05, 3.63) is 47.8 Å². The highest BCUT2D eigenvalue weighted by atomic mass is 19.1. The number of phenolic OH excluding ortho intramolecular Hbond substituents is 1. The van der Waals surface area contributed by atoms with Gasteiger partial charge in [-0.25, -0.2) is 4.39 Å². The van der Waals surface area contributed by atoms with Gasteiger partial charge in [0.15, 0.2) is 0 Å². The number of nitrogens with zero attached hydrogens (tertiary/aromatic N) is 1. The van der Waals surface area contributed by atoms with Gasteiger partial charge < -0.3 is 9.84 Å². The van der Waals surface area contributed by atoms with Gasteiger partial charge in [-0.2, -0.15) is 5.26 Å². The molecule has 0 aromatic heterocycles. The van der Waals surface area contributed by atoms with Gasteiger partial charge >= 0.3 is 0 Å². The lowest BCUT2D eigenvalue weighted by atomic mass is 10.0. The van der Waals surface area contributed by atoms with E-state index in [1.54, 1.807) is 6.07 Å². The lowest BCUT2D eigenvalue weighted by Crippen LogP contribution is -1.89. The van der Waals surface area contributed by atoms with Crippen LogP contribution in [0.4, 0.5) is 4.39 Å². The summed E-state index contributed by atoms with van der Waals surface area (Å²) in [6.45, 7) is 0. The molecule has 18 heavy (non-hydrogen) atoms. The Morgan fingerprint density at radius 2 is 2.00 bits per heavy atom. The zero-order valence-corrected chi connectivity index (χ0v) is 9.64. The van der Waals surface area contributed by atoms with Crippen LogP contribution in [0.3, 0.4) is 0 Å². The van der Waals surface area contributed by atoms with E-state index >= 15 is 0 Å². The minimum Gasteiger partial charge on any atom is -0.507 e. The van der Waals surface area contributed by atoms with E-state index in [4.69, 9.17) is 10.00 Å². The number of phenols is 1. The molecule has 0 aliphatic carbocycles. The average Bonchev–Trinajstić information content (AvgIpc) is 2.38. The number of halogens is 1. The summed E-state index contributed by atoms with van der Waals surface area (Å²) in [6, 6.07) is 10.5. The first-order valence-electron chi connectivity index (χ1n) is 5.22. The zero-order valence-electron chi connectivity index (χ0n) is 9.64. The molecule has 0 saturated heterocycles. The maximum Gasteiger partial charge on any atom is 0.133 e. The molecule has 0 radical (unpaired) electrons. The van der Waals surface area contributed by atoms with Crippen LogP contribution in [0.15, 0.2) is 36.4 Å². The van der Waals surface area contributed by atoms with Gasteiger partial charge in [-0.3, -0.25) is 0 Å². The fourth-order valence-corrected chi connectivity index (χ4v) is 1.70. The van der Waals surface area contributed by atoms with E-state index in [2.05, 4.69) is 0 Å². The molecule has 90 valence electrons. The second-order valence-electron chi connectivity index (χ2n) is 3.69. The van der Waals surface area contributed by atoms with Crippen LogP contribution >= 0.6 is 0 Å². The van der Waals surface area contributed by atoms with Crippen LogP contribution in [0.5, 0.6) is 11.5 Å². The summed E-state index contributed by atoms with van der Waals surface area (Å²) in [5.41, 5.74) is 1.29. The number of ether oxygens (including phenoxy) is 1. The molecular weight excluding hydrogens is 233 g/mol. The van der Waals surface area contributed by atoms with Crippen molar-refractivity contribution < 1.29 is 14.2 Å². The number of benzene rings is 2. The highest BCUT2D eigenvalue weighted by Gasteiger charge is 2.09. The zero-order chi connectivity index (χ0) is 13.1. The number of hydrogen-bond donors (Lipinski definition) is 1. The maximum atomic E-state index is 13.2. The molecule has 0 atom stereocenters. The molecule has 0 unspecified atom stereocenters. The van der Waals surface area contributed by atoms with Crippen LogP contribution < -0.4 is 4.74 Å². The van der Waals surface area contributed by atoms with E-state index < -0.39 is 5.82 Å². The van der Waals surface area contributed by atoms with Gasteiger partial charge in [0.1, 0.15) is 23.4 Å². The molecule has 1 N–H and O–H groups in total. The normalized spacial score (nSPS) is 9.83. The topological polar surface area (TPSA) is 53.2 Å². The third-order valence-electron chi connectivity index (χ3n) is 2.59. The molecule has 0 bridgehead atoms. The number of aromatic hydroxyl groups is 1. The molecule has 2 aromatic carbocycles. The molecular formula is C14H10FNO2. The average molecular weight is 243 g/mol. The van der Waals surface area contributed by atoms with Gasteiger partial charge in [-0.05, 0) is 35.9 Å². The second-order valence-corrected chi connectivity index (χ2v) is 3.69. The van der Waals surface area contributed by atoms with Crippen molar-refractivity contribution >= 4 is 0 Å². The Labute approximate surface area is 104 Å². The lowest BCUT2D eigenvalue weighted by molar-refractivity contribution is 0.415. The Morgan fingerprint density at radius 3 is 2.61 bits per heavy atom. The lowest BCUT2D eigenvalue weighted by Gasteiger charge is -2.09. The van der Waals surface area contributed by atoms with Gasteiger partial charge in [-0.15, -0.1) is 0 Å². The smallest absolute Gasteiger partial charge is 0.133 e. The summed E-state index contributed by atoms with van der Waals surface area (Å²) in [5.74, 6) is -0.0310. The van der Waals surface area contributed by atoms with E-state index in [0.29, 0.717) is 16.9 Å². The summed E-state index contributed by atoms with van der Waals surface area (Å²) in [7, 11) is 1.49. The minimum absolute atomic E-state index is 0.138. The van der Waals surface area contributed by atoms with E-state index in [0.717, 1.165) is 0 Å². The number of hydrogen-bond acceptors (Lipinski definition) is 3. The van der Waals surface area contributed by atoms with Crippen molar-refractivity contribution in [3.8, 4) is 28.7 Å². The van der Waals surface area contributed by atoms with E-state index in [1.165, 1.54) is 37.4 Å². The Bertz CT molecular complexity index is 632. The van der Waals surface area contributed by atoms with Crippen molar-refractivity contribution in [3.63, 3.8) is 0 Å². The molecule has 4 heteroatoms. The fourth-order valence-electron chi connectivity index (χ4n) is 1.70. The SMILES string of the molecule is COc1ccc(F)cc1-c1ccc(C#N)c(O)c1. The Balaban J connectivity index is 2.58. The number of nitriles is 1. The van der Waals surface area contributed by atoms with Crippen LogP contribution in [0.2, 0.25) is 0 Å². The van der Waals surface area contributed by atoms with Crippen LogP contribution in [-0.4, -0.2) is 12.2 Å². The molecule has 0 aliphatic rings. The predicted molar refractivity (Wildman–Crippen MR) is 64.8 cm³/mol. The molecule has 0 fully saturated rings. The van der Waals surface area contributed by atoms with E-state index in [-0.39, 0.29) is 11.3 Å². The van der Waals surface area contributed by atoms with E-state index in [9.17, 15) is 9.50 Å². The van der Waals surface area contributed by atoms with Crippen LogP contribution in [0.1, 0.15) is 5.56 Å². The highest BCUT2D eigenvalue weighted by Crippen LogP contribution is 2.33. The van der Waals surface area contributed by atoms with Crippen LogP contribution in [0.25, 0.3) is 11.1 Å². The third kappa shape index (κ3) is 2.11. The highest BCUT2D eigenvalue weighted by molar-refractivity contribution is 5.72. The molecule has 0 saturated carbocycles. The van der Waals surface area contributed by atoms with Crippen molar-refractivity contribution in [2.75, 3.05) is 7.11 Å². The molecule has 2 aromatic rings. The first-order chi connectivity index (χ1) is 8.65. The Kier molecular flexibility index (Phi) is 3.16. The second kappa shape index (κ2) is 4.76. The number of rotatable bonds is 2. The Hall–Kier alpha value is -2.54. The first-order valence-corrected chi connectivity index (χ1v) is 5.22. The summed E-state index contributed by atoms with van der Waals surface area (Å²) in [5, 5.41) is 18.4. The Morgan fingerprint density at radius 1 is 1.22 bits per heavy atom. The summed E-state index contributed by atoms with van der Waals surface area (Å²) < 4.78 is 18.4. The molecule has 2 rings (SSSR count). The van der Waals surface area contributed by atoms with Gasteiger partial charge in [0.2, 0.25) is 0 Å². The monoisotopic (exact) mass is 243 g/mol. The molecule has 3 nitrogen and oxygen atoms in total. The third-order valence-corrected chi connectivity index (χ3v) is 2.59. The molecule has 0 amide bonds. The van der Waals surface area contributed by atoms with Crippen molar-refractivity contribution in [2.24, 2.45) is 0 Å². The minimum atomic E-state index is -0.394. The van der Waals surface area contributed by atoms with Crippen molar-refractivity contribution in [2.45, 2.75) is 0 Å². The van der Waals surface area contributed by atoms with Crippen molar-refractivity contribution in [1.29, 1.82) is 5.26 Å². The summed E-state index contributed by atoms with van der Waals surface area (Å²) in [6.07, 6.45) is 0. The molecule has 0 aliphatic heterocycles. The summed E-state index contributed by atoms with van der Waals surface area (Å²) in [4.78, 5) is 0. The predicted octanol–water partition coefficient (Wildman–Crippen LogP) is 3.08. The fraction of sp³-hybridized carbons (Fsp3) is 0.0714. The van der Waals surface area contributed by atoms with Gasteiger partial charge in [-0.1, -0.05) is 6.07 Å². The molecule has 0 heterocycles. The molecule has 0 spiro atoms. The largest absolute Gasteiger partial charge is 0.507 e. The first kappa shape index (κ1) is 11.9. The van der Waals surface area contributed by atoms with Gasteiger partial charge in [0.05, 0.1) is 12.7 Å². The van der Waals surface area contributed by atoms with Gasteiger partial charge in [0, 0.05) is 5.56 Å². The number of methoxy groups -OCH3 is 1. The standard InChI is InChI=1S/C14H10FNO2/c1-18-14-5-4-11(15)7-12(14)9-2-3-10(8-16)13(17)6-9/h2-7,17H,1H3. The van der Waals surface area contributed by atoms with Crippen LogP contribution in [0, 0.1) is 17.1 Å². The quantitative estimate of drug-likeness (QED) is 0.881.